The Balaban J connectivity index is 1.53. The van der Waals surface area contributed by atoms with Crippen molar-refractivity contribution in [3.8, 4) is 5.75 Å². The summed E-state index contributed by atoms with van der Waals surface area (Å²) >= 11 is 0. The van der Waals surface area contributed by atoms with Gasteiger partial charge in [-0.15, -0.1) is 0 Å². The molecule has 0 aliphatic rings. The zero-order chi connectivity index (χ0) is 23.1. The Morgan fingerprint density at radius 1 is 0.938 bits per heavy atom. The van der Waals surface area contributed by atoms with E-state index in [1.807, 2.05) is 62.4 Å². The van der Waals surface area contributed by atoms with Crippen molar-refractivity contribution < 1.29 is 17.9 Å². The normalized spacial score (nSPS) is 11.2. The zero-order valence-corrected chi connectivity index (χ0v) is 19.4. The van der Waals surface area contributed by atoms with Gasteiger partial charge in [-0.2, -0.15) is 0 Å². The molecule has 3 aromatic carbocycles. The molecule has 0 heterocycles. The number of likely N-dealkylation sites (N-methyl/N-ethyl adjacent to an activating group) is 1. The van der Waals surface area contributed by atoms with Gasteiger partial charge in [-0.1, -0.05) is 36.4 Å². The molecule has 7 heteroatoms. The van der Waals surface area contributed by atoms with Crippen LogP contribution in [0, 0.1) is 13.8 Å². The molecule has 0 spiro atoms. The SMILES string of the molecule is Cc1ccc(N(C)C(=O)COc2ccc(S(=O)(=O)NCCc3ccccc3)cc2)cc1C. The summed E-state index contributed by atoms with van der Waals surface area (Å²) in [6, 6.07) is 21.6. The van der Waals surface area contributed by atoms with Gasteiger partial charge in [0.15, 0.2) is 6.61 Å². The van der Waals surface area contributed by atoms with Crippen LogP contribution in [0.4, 0.5) is 5.69 Å². The lowest BCUT2D eigenvalue weighted by molar-refractivity contribution is -0.120. The van der Waals surface area contributed by atoms with Crippen LogP contribution >= 0.6 is 0 Å². The van der Waals surface area contributed by atoms with E-state index in [0.717, 1.165) is 22.4 Å². The van der Waals surface area contributed by atoms with Crippen LogP contribution in [0.1, 0.15) is 16.7 Å². The van der Waals surface area contributed by atoms with Gasteiger partial charge in [0, 0.05) is 19.3 Å². The Morgan fingerprint density at radius 2 is 1.62 bits per heavy atom. The third-order valence-corrected chi connectivity index (χ3v) is 6.77. The summed E-state index contributed by atoms with van der Waals surface area (Å²) in [5, 5.41) is 0. The van der Waals surface area contributed by atoms with Crippen molar-refractivity contribution in [3.63, 3.8) is 0 Å². The average molecular weight is 453 g/mol. The molecule has 0 aliphatic heterocycles. The maximum Gasteiger partial charge on any atom is 0.264 e. The highest BCUT2D eigenvalue weighted by Crippen LogP contribution is 2.19. The van der Waals surface area contributed by atoms with Crippen LogP contribution in [-0.4, -0.2) is 34.5 Å². The van der Waals surface area contributed by atoms with Gasteiger partial charge in [-0.3, -0.25) is 4.79 Å². The first-order valence-electron chi connectivity index (χ1n) is 10.4. The number of carbonyl (C=O) groups excluding carboxylic acids is 1. The number of ether oxygens (including phenoxy) is 1. The van der Waals surface area contributed by atoms with Crippen LogP contribution in [-0.2, 0) is 21.2 Å². The first-order valence-corrected chi connectivity index (χ1v) is 11.8. The average Bonchev–Trinajstić information content (AvgIpc) is 2.79. The summed E-state index contributed by atoms with van der Waals surface area (Å²) in [6.07, 6.45) is 0.609. The van der Waals surface area contributed by atoms with Gasteiger partial charge >= 0.3 is 0 Å². The van der Waals surface area contributed by atoms with Crippen LogP contribution in [0.5, 0.6) is 5.75 Å². The second-order valence-corrected chi connectivity index (χ2v) is 9.38. The number of hydrogen-bond donors (Lipinski definition) is 1. The lowest BCUT2D eigenvalue weighted by Crippen LogP contribution is -2.31. The van der Waals surface area contributed by atoms with Crippen molar-refractivity contribution in [2.75, 3.05) is 25.1 Å². The molecule has 0 unspecified atom stereocenters. The van der Waals surface area contributed by atoms with E-state index in [0.29, 0.717) is 18.7 Å². The summed E-state index contributed by atoms with van der Waals surface area (Å²) in [6.45, 7) is 4.18. The van der Waals surface area contributed by atoms with E-state index in [9.17, 15) is 13.2 Å². The highest BCUT2D eigenvalue weighted by atomic mass is 32.2. The third-order valence-electron chi connectivity index (χ3n) is 5.30. The molecule has 0 saturated carbocycles. The minimum atomic E-state index is -3.62. The fraction of sp³-hybridized carbons (Fsp3) is 0.240. The number of carbonyl (C=O) groups is 1. The molecule has 32 heavy (non-hydrogen) atoms. The van der Waals surface area contributed by atoms with Crippen LogP contribution in [0.2, 0.25) is 0 Å². The van der Waals surface area contributed by atoms with Crippen LogP contribution < -0.4 is 14.4 Å². The highest BCUT2D eigenvalue weighted by molar-refractivity contribution is 7.89. The maximum atomic E-state index is 12.5. The Hall–Kier alpha value is -3.16. The summed E-state index contributed by atoms with van der Waals surface area (Å²) in [5.74, 6) is 0.225. The van der Waals surface area contributed by atoms with Crippen molar-refractivity contribution in [1.29, 1.82) is 0 Å². The molecule has 0 atom stereocenters. The second kappa shape index (κ2) is 10.4. The van der Waals surface area contributed by atoms with Gasteiger partial charge in [0.1, 0.15) is 5.75 Å². The maximum absolute atomic E-state index is 12.5. The van der Waals surface area contributed by atoms with Gasteiger partial charge in [0.05, 0.1) is 4.90 Å². The number of amides is 1. The Bertz CT molecular complexity index is 1160. The number of aryl methyl sites for hydroxylation is 2. The van der Waals surface area contributed by atoms with Gasteiger partial charge in [-0.25, -0.2) is 13.1 Å². The highest BCUT2D eigenvalue weighted by Gasteiger charge is 2.15. The topological polar surface area (TPSA) is 75.7 Å². The zero-order valence-electron chi connectivity index (χ0n) is 18.5. The minimum absolute atomic E-state index is 0.148. The number of hydrogen-bond acceptors (Lipinski definition) is 4. The number of anilines is 1. The standard InChI is InChI=1S/C25H28N2O4S/c1-19-9-10-22(17-20(19)2)27(3)25(28)18-31-23-11-13-24(14-12-23)32(29,30)26-16-15-21-7-5-4-6-8-21/h4-14,17,26H,15-16,18H2,1-3H3. The molecule has 0 fully saturated rings. The third kappa shape index (κ3) is 6.18. The quantitative estimate of drug-likeness (QED) is 0.535. The monoisotopic (exact) mass is 452 g/mol. The van der Waals surface area contributed by atoms with E-state index in [2.05, 4.69) is 4.72 Å². The number of nitrogens with one attached hydrogen (secondary N) is 1. The number of benzene rings is 3. The van der Waals surface area contributed by atoms with E-state index >= 15 is 0 Å². The van der Waals surface area contributed by atoms with Gasteiger partial charge in [0.2, 0.25) is 10.0 Å². The first-order chi connectivity index (χ1) is 15.3. The largest absolute Gasteiger partial charge is 0.484 e. The molecular weight excluding hydrogens is 424 g/mol. The summed E-state index contributed by atoms with van der Waals surface area (Å²) in [7, 11) is -1.92. The van der Waals surface area contributed by atoms with Crippen LogP contribution in [0.3, 0.4) is 0 Å². The lowest BCUT2D eigenvalue weighted by atomic mass is 10.1. The number of nitrogens with zero attached hydrogens (tertiary/aromatic N) is 1. The summed E-state index contributed by atoms with van der Waals surface area (Å²) < 4.78 is 33.1. The van der Waals surface area contributed by atoms with E-state index in [-0.39, 0.29) is 17.4 Å². The fourth-order valence-electron chi connectivity index (χ4n) is 3.09. The van der Waals surface area contributed by atoms with E-state index in [1.165, 1.54) is 12.1 Å². The van der Waals surface area contributed by atoms with Crippen LogP contribution in [0.15, 0.2) is 77.7 Å². The molecule has 1 N–H and O–H groups in total. The van der Waals surface area contributed by atoms with Gasteiger partial charge < -0.3 is 9.64 Å². The summed E-state index contributed by atoms with van der Waals surface area (Å²) in [4.78, 5) is 14.2. The number of rotatable bonds is 9. The van der Waals surface area contributed by atoms with E-state index < -0.39 is 10.0 Å². The minimum Gasteiger partial charge on any atom is -0.484 e. The molecule has 3 aromatic rings. The summed E-state index contributed by atoms with van der Waals surface area (Å²) in [5.41, 5.74) is 4.13. The predicted molar refractivity (Wildman–Crippen MR) is 127 cm³/mol. The smallest absolute Gasteiger partial charge is 0.264 e. The van der Waals surface area contributed by atoms with Crippen molar-refractivity contribution >= 4 is 21.6 Å². The lowest BCUT2D eigenvalue weighted by Gasteiger charge is -2.19. The molecule has 168 valence electrons. The Kier molecular flexibility index (Phi) is 7.66. The molecule has 3 rings (SSSR count). The van der Waals surface area contributed by atoms with Crippen molar-refractivity contribution in [3.05, 3.63) is 89.5 Å². The first kappa shape index (κ1) is 23.5. The second-order valence-electron chi connectivity index (χ2n) is 7.61. The number of sulfonamides is 1. The predicted octanol–water partition coefficient (Wildman–Crippen LogP) is 3.87. The molecule has 1 amide bonds. The molecule has 0 saturated heterocycles. The molecular formula is C25H28N2O4S. The molecule has 0 aliphatic carbocycles. The molecule has 0 radical (unpaired) electrons. The Morgan fingerprint density at radius 3 is 2.28 bits per heavy atom. The van der Waals surface area contributed by atoms with Gasteiger partial charge in [-0.05, 0) is 73.4 Å². The van der Waals surface area contributed by atoms with Gasteiger partial charge in [0.25, 0.3) is 5.91 Å². The van der Waals surface area contributed by atoms with Crippen LogP contribution in [0.25, 0.3) is 0 Å². The molecule has 0 bridgehead atoms. The Labute approximate surface area is 189 Å². The van der Waals surface area contributed by atoms with E-state index in [4.69, 9.17) is 4.74 Å². The van der Waals surface area contributed by atoms with E-state index in [1.54, 1.807) is 24.1 Å². The van der Waals surface area contributed by atoms with Crippen molar-refractivity contribution in [2.24, 2.45) is 0 Å². The molecule has 6 nitrogen and oxygen atoms in total. The fourth-order valence-corrected chi connectivity index (χ4v) is 4.12. The van der Waals surface area contributed by atoms with Crippen molar-refractivity contribution in [1.82, 2.24) is 4.72 Å². The molecule has 0 aromatic heterocycles. The van der Waals surface area contributed by atoms with Crippen molar-refractivity contribution in [2.45, 2.75) is 25.2 Å².